The highest BCUT2D eigenvalue weighted by Gasteiger charge is 2.22. The third-order valence-corrected chi connectivity index (χ3v) is 2.43. The monoisotopic (exact) mass is 283 g/mol. The Morgan fingerprint density at radius 3 is 2.17 bits per heavy atom. The summed E-state index contributed by atoms with van der Waals surface area (Å²) in [6, 6.07) is -2.59. The Bertz CT molecular complexity index is 432. The lowest BCUT2D eigenvalue weighted by molar-refractivity contribution is -0.145. The lowest BCUT2D eigenvalue weighted by Gasteiger charge is -2.12. The number of carboxylic acids is 2. The molecule has 11 heteroatoms. The largest absolute Gasteiger partial charge is 0.481 e. The molecular formula is C7H13N3O7S. The maximum atomic E-state index is 11.1. The number of aliphatic carboxylic acids is 2. The molecule has 0 saturated heterocycles. The second kappa shape index (κ2) is 6.76. The molecule has 0 heterocycles. The molecule has 0 saturated carbocycles. The van der Waals surface area contributed by atoms with Crippen molar-refractivity contribution in [3.63, 3.8) is 0 Å². The molecule has 0 fully saturated rings. The lowest BCUT2D eigenvalue weighted by Crippen LogP contribution is -2.48. The number of amides is 2. The summed E-state index contributed by atoms with van der Waals surface area (Å²) < 4.78 is 21.0. The first-order chi connectivity index (χ1) is 8.11. The molecule has 0 unspecified atom stereocenters. The summed E-state index contributed by atoms with van der Waals surface area (Å²) in [5, 5.41) is 25.6. The van der Waals surface area contributed by atoms with Crippen LogP contribution in [0.25, 0.3) is 0 Å². The zero-order chi connectivity index (χ0) is 14.3. The second-order valence-electron chi connectivity index (χ2n) is 3.26. The third-order valence-electron chi connectivity index (χ3n) is 1.65. The Morgan fingerprint density at radius 1 is 1.22 bits per heavy atom. The van der Waals surface area contributed by atoms with Gasteiger partial charge in [0, 0.05) is 6.54 Å². The van der Waals surface area contributed by atoms with Crippen molar-refractivity contribution >= 4 is 28.0 Å². The molecule has 0 radical (unpaired) electrons. The number of hydrogen-bond donors (Lipinski definition) is 5. The van der Waals surface area contributed by atoms with E-state index in [0.29, 0.717) is 0 Å². The standard InChI is InChI=1S/C7H13N3O7S/c8-18(16,17)2-1-9-7(15)10-4(6(13)14)3-5(11)12/h4H,1-3H2,(H,11,12)(H,13,14)(H2,8,16,17)(H2,9,10,15)/t4-/m1/s1. The first-order valence-electron chi connectivity index (χ1n) is 4.61. The predicted octanol–water partition coefficient (Wildman–Crippen LogP) is -2.50. The van der Waals surface area contributed by atoms with Crippen molar-refractivity contribution in [2.45, 2.75) is 12.5 Å². The molecule has 2 amide bonds. The fourth-order valence-electron chi connectivity index (χ4n) is 0.891. The van der Waals surface area contributed by atoms with Crippen LogP contribution in [0.2, 0.25) is 0 Å². The number of nitrogens with two attached hydrogens (primary N) is 1. The Hall–Kier alpha value is -1.88. The van der Waals surface area contributed by atoms with E-state index in [-0.39, 0.29) is 6.54 Å². The molecule has 18 heavy (non-hydrogen) atoms. The SMILES string of the molecule is NS(=O)(=O)CCNC(=O)N[C@H](CC(=O)O)C(=O)O. The Kier molecular flexibility index (Phi) is 6.05. The second-order valence-corrected chi connectivity index (χ2v) is 4.99. The van der Waals surface area contributed by atoms with Gasteiger partial charge in [-0.1, -0.05) is 0 Å². The zero-order valence-electron chi connectivity index (χ0n) is 9.12. The summed E-state index contributed by atoms with van der Waals surface area (Å²) in [4.78, 5) is 32.0. The third kappa shape index (κ3) is 8.29. The number of urea groups is 1. The summed E-state index contributed by atoms with van der Waals surface area (Å²) in [5.41, 5.74) is 0. The summed E-state index contributed by atoms with van der Waals surface area (Å²) in [6.45, 7) is -0.315. The van der Waals surface area contributed by atoms with Gasteiger partial charge in [0.25, 0.3) is 0 Å². The van der Waals surface area contributed by atoms with Gasteiger partial charge in [0.05, 0.1) is 12.2 Å². The molecule has 0 aromatic carbocycles. The van der Waals surface area contributed by atoms with E-state index in [2.05, 4.69) is 5.14 Å². The number of carboxylic acid groups (broad SMARTS) is 2. The van der Waals surface area contributed by atoms with Crippen molar-refractivity contribution < 1.29 is 33.0 Å². The van der Waals surface area contributed by atoms with Gasteiger partial charge in [0.1, 0.15) is 6.04 Å². The number of carbonyl (C=O) groups is 3. The van der Waals surface area contributed by atoms with Crippen molar-refractivity contribution in [1.82, 2.24) is 10.6 Å². The van der Waals surface area contributed by atoms with E-state index in [1.54, 1.807) is 0 Å². The van der Waals surface area contributed by atoms with Gasteiger partial charge in [-0.25, -0.2) is 23.1 Å². The van der Waals surface area contributed by atoms with E-state index in [9.17, 15) is 22.8 Å². The minimum Gasteiger partial charge on any atom is -0.481 e. The average Bonchev–Trinajstić information content (AvgIpc) is 2.13. The van der Waals surface area contributed by atoms with Crippen LogP contribution in [0.15, 0.2) is 0 Å². The first kappa shape index (κ1) is 16.1. The van der Waals surface area contributed by atoms with Crippen molar-refractivity contribution in [3.8, 4) is 0 Å². The Balaban J connectivity index is 4.19. The summed E-state index contributed by atoms with van der Waals surface area (Å²) in [6.07, 6.45) is -0.794. The highest BCUT2D eigenvalue weighted by Crippen LogP contribution is 1.92. The average molecular weight is 283 g/mol. The quantitative estimate of drug-likeness (QED) is 0.343. The van der Waals surface area contributed by atoms with Crippen LogP contribution in [-0.2, 0) is 19.6 Å². The van der Waals surface area contributed by atoms with Crippen molar-refractivity contribution in [2.24, 2.45) is 5.14 Å². The molecule has 0 rings (SSSR count). The van der Waals surface area contributed by atoms with E-state index < -0.39 is 46.2 Å². The van der Waals surface area contributed by atoms with Crippen LogP contribution in [0.5, 0.6) is 0 Å². The van der Waals surface area contributed by atoms with Crippen LogP contribution in [0.4, 0.5) is 4.79 Å². The fraction of sp³-hybridized carbons (Fsp3) is 0.571. The van der Waals surface area contributed by atoms with Gasteiger partial charge in [-0.2, -0.15) is 0 Å². The number of nitrogens with one attached hydrogen (secondary N) is 2. The minimum atomic E-state index is -3.74. The van der Waals surface area contributed by atoms with Crippen molar-refractivity contribution in [2.75, 3.05) is 12.3 Å². The van der Waals surface area contributed by atoms with Crippen LogP contribution < -0.4 is 15.8 Å². The van der Waals surface area contributed by atoms with E-state index in [1.165, 1.54) is 0 Å². The molecular weight excluding hydrogens is 270 g/mol. The molecule has 104 valence electrons. The molecule has 0 bridgehead atoms. The molecule has 0 aliphatic rings. The van der Waals surface area contributed by atoms with Crippen LogP contribution in [0, 0.1) is 0 Å². The van der Waals surface area contributed by atoms with E-state index >= 15 is 0 Å². The van der Waals surface area contributed by atoms with Gasteiger partial charge >= 0.3 is 18.0 Å². The number of rotatable bonds is 7. The van der Waals surface area contributed by atoms with Crippen molar-refractivity contribution in [3.05, 3.63) is 0 Å². The highest BCUT2D eigenvalue weighted by atomic mass is 32.2. The predicted molar refractivity (Wildman–Crippen MR) is 58.2 cm³/mol. The van der Waals surface area contributed by atoms with E-state index in [1.807, 2.05) is 10.6 Å². The van der Waals surface area contributed by atoms with Crippen LogP contribution in [-0.4, -0.2) is 54.9 Å². The van der Waals surface area contributed by atoms with Gasteiger partial charge in [-0.3, -0.25) is 4.79 Å². The van der Waals surface area contributed by atoms with Gasteiger partial charge in [0.2, 0.25) is 10.0 Å². The van der Waals surface area contributed by atoms with Gasteiger partial charge in [0.15, 0.2) is 0 Å². The number of hydrogen-bond acceptors (Lipinski definition) is 5. The summed E-state index contributed by atoms with van der Waals surface area (Å²) in [5.74, 6) is -3.43. The minimum absolute atomic E-state index is 0.315. The molecule has 0 aliphatic heterocycles. The highest BCUT2D eigenvalue weighted by molar-refractivity contribution is 7.89. The van der Waals surface area contributed by atoms with Crippen LogP contribution in [0.1, 0.15) is 6.42 Å². The summed E-state index contributed by atoms with van der Waals surface area (Å²) in [7, 11) is -3.74. The van der Waals surface area contributed by atoms with Crippen LogP contribution >= 0.6 is 0 Å². The number of carbonyl (C=O) groups excluding carboxylic acids is 1. The Labute approximate surface area is 102 Å². The summed E-state index contributed by atoms with van der Waals surface area (Å²) >= 11 is 0. The molecule has 1 atom stereocenters. The van der Waals surface area contributed by atoms with Gasteiger partial charge < -0.3 is 20.8 Å². The van der Waals surface area contributed by atoms with Crippen molar-refractivity contribution in [1.29, 1.82) is 0 Å². The van der Waals surface area contributed by atoms with Gasteiger partial charge in [-0.05, 0) is 0 Å². The molecule has 0 aromatic heterocycles. The lowest BCUT2D eigenvalue weighted by atomic mass is 10.2. The fourth-order valence-corrected chi connectivity index (χ4v) is 1.28. The van der Waals surface area contributed by atoms with E-state index in [0.717, 1.165) is 0 Å². The van der Waals surface area contributed by atoms with Crippen LogP contribution in [0.3, 0.4) is 0 Å². The number of sulfonamides is 1. The molecule has 0 spiro atoms. The zero-order valence-corrected chi connectivity index (χ0v) is 9.94. The topological polar surface area (TPSA) is 176 Å². The number of primary sulfonamides is 1. The smallest absolute Gasteiger partial charge is 0.326 e. The maximum Gasteiger partial charge on any atom is 0.326 e. The molecule has 6 N–H and O–H groups in total. The molecule has 0 aliphatic carbocycles. The van der Waals surface area contributed by atoms with Gasteiger partial charge in [-0.15, -0.1) is 0 Å². The maximum absolute atomic E-state index is 11.1. The Morgan fingerprint density at radius 2 is 1.78 bits per heavy atom. The molecule has 0 aromatic rings. The first-order valence-corrected chi connectivity index (χ1v) is 6.33. The molecule has 10 nitrogen and oxygen atoms in total. The normalized spacial score (nSPS) is 12.5. The van der Waals surface area contributed by atoms with E-state index in [4.69, 9.17) is 10.2 Å².